The number of nitrogens with one attached hydrogen (secondary N) is 1. The average Bonchev–Trinajstić information content (AvgIpc) is 2.42. The third-order valence-electron chi connectivity index (χ3n) is 2.67. The van der Waals surface area contributed by atoms with Gasteiger partial charge in [-0.05, 0) is 52.4 Å². The van der Waals surface area contributed by atoms with Crippen LogP contribution in [0.5, 0.6) is 0 Å². The minimum Gasteiger partial charge on any atom is -0.326 e. The monoisotopic (exact) mass is 386 g/mol. The van der Waals surface area contributed by atoms with Gasteiger partial charge in [0.1, 0.15) is 0 Å². The summed E-state index contributed by atoms with van der Waals surface area (Å²) in [5.74, 6) is -0.195. The van der Waals surface area contributed by atoms with Crippen LogP contribution in [0.3, 0.4) is 0 Å². The van der Waals surface area contributed by atoms with Gasteiger partial charge in [-0.25, -0.2) is 0 Å². The van der Waals surface area contributed by atoms with Gasteiger partial charge >= 0.3 is 0 Å². The molecule has 0 saturated carbocycles. The van der Waals surface area contributed by atoms with Crippen LogP contribution in [0.4, 0.5) is 5.69 Å². The summed E-state index contributed by atoms with van der Waals surface area (Å²) in [6, 6.07) is 12.7. The maximum atomic E-state index is 12.1. The molecule has 0 spiro atoms. The lowest BCUT2D eigenvalue weighted by Crippen LogP contribution is -2.14. The molecule has 3 nitrogen and oxygen atoms in total. The standard InChI is InChI=1S/C14H12ClIN2O/c15-11-7-9(5-6-12(11)16)14(19)18-13-4-2-1-3-10(13)8-17/h1-7H,8,17H2,(H,18,19). The number of hydrogen-bond donors (Lipinski definition) is 2. The molecule has 0 atom stereocenters. The van der Waals surface area contributed by atoms with Gasteiger partial charge in [0.15, 0.2) is 0 Å². The molecule has 0 saturated heterocycles. The Kier molecular flexibility index (Phi) is 4.79. The molecule has 0 fully saturated rings. The van der Waals surface area contributed by atoms with Gasteiger partial charge in [0.05, 0.1) is 5.02 Å². The number of nitrogens with two attached hydrogens (primary N) is 1. The van der Waals surface area contributed by atoms with Gasteiger partial charge in [0.25, 0.3) is 5.91 Å². The summed E-state index contributed by atoms with van der Waals surface area (Å²) < 4.78 is 0.915. The normalized spacial score (nSPS) is 10.3. The Morgan fingerprint density at radius 3 is 2.68 bits per heavy atom. The molecule has 0 bridgehead atoms. The van der Waals surface area contributed by atoms with E-state index >= 15 is 0 Å². The Morgan fingerprint density at radius 1 is 1.26 bits per heavy atom. The lowest BCUT2D eigenvalue weighted by atomic mass is 10.1. The molecule has 19 heavy (non-hydrogen) atoms. The molecule has 0 radical (unpaired) electrons. The summed E-state index contributed by atoms with van der Waals surface area (Å²) in [7, 11) is 0. The fourth-order valence-corrected chi connectivity index (χ4v) is 2.17. The largest absolute Gasteiger partial charge is 0.326 e. The Hall–Kier alpha value is -1.11. The summed E-state index contributed by atoms with van der Waals surface area (Å²) >= 11 is 8.13. The maximum absolute atomic E-state index is 12.1. The van der Waals surface area contributed by atoms with Gasteiger partial charge in [-0.1, -0.05) is 29.8 Å². The van der Waals surface area contributed by atoms with Crippen LogP contribution in [0.25, 0.3) is 0 Å². The maximum Gasteiger partial charge on any atom is 0.255 e. The quantitative estimate of drug-likeness (QED) is 0.791. The summed E-state index contributed by atoms with van der Waals surface area (Å²) in [6.07, 6.45) is 0. The van der Waals surface area contributed by atoms with E-state index in [1.54, 1.807) is 12.1 Å². The van der Waals surface area contributed by atoms with Gasteiger partial charge < -0.3 is 11.1 Å². The van der Waals surface area contributed by atoms with Gasteiger partial charge in [-0.3, -0.25) is 4.79 Å². The van der Waals surface area contributed by atoms with Gasteiger partial charge in [-0.15, -0.1) is 0 Å². The molecule has 0 unspecified atom stereocenters. The van der Waals surface area contributed by atoms with Crippen molar-refractivity contribution < 1.29 is 4.79 Å². The minimum absolute atomic E-state index is 0.195. The second-order valence-electron chi connectivity index (χ2n) is 3.94. The van der Waals surface area contributed by atoms with Gasteiger partial charge in [0.2, 0.25) is 0 Å². The molecule has 0 heterocycles. The van der Waals surface area contributed by atoms with Crippen LogP contribution in [0.1, 0.15) is 15.9 Å². The summed E-state index contributed by atoms with van der Waals surface area (Å²) in [5, 5.41) is 3.41. The van der Waals surface area contributed by atoms with E-state index in [4.69, 9.17) is 17.3 Å². The van der Waals surface area contributed by atoms with E-state index in [2.05, 4.69) is 27.9 Å². The van der Waals surface area contributed by atoms with Crippen LogP contribution in [0, 0.1) is 3.57 Å². The second-order valence-corrected chi connectivity index (χ2v) is 5.51. The van der Waals surface area contributed by atoms with E-state index in [0.29, 0.717) is 17.1 Å². The minimum atomic E-state index is -0.195. The van der Waals surface area contributed by atoms with Crippen molar-refractivity contribution in [2.24, 2.45) is 5.73 Å². The predicted molar refractivity (Wildman–Crippen MR) is 86.5 cm³/mol. The zero-order valence-corrected chi connectivity index (χ0v) is 12.9. The summed E-state index contributed by atoms with van der Waals surface area (Å²) in [4.78, 5) is 12.1. The molecule has 98 valence electrons. The Labute approximate surface area is 130 Å². The lowest BCUT2D eigenvalue weighted by Gasteiger charge is -2.10. The van der Waals surface area contributed by atoms with Crippen LogP contribution in [0.2, 0.25) is 5.02 Å². The number of amides is 1. The summed E-state index contributed by atoms with van der Waals surface area (Å²) in [6.45, 7) is 0.379. The van der Waals surface area contributed by atoms with Crippen molar-refractivity contribution in [3.63, 3.8) is 0 Å². The second kappa shape index (κ2) is 6.36. The van der Waals surface area contributed by atoms with Crippen LogP contribution >= 0.6 is 34.2 Å². The van der Waals surface area contributed by atoms with Crippen molar-refractivity contribution in [3.8, 4) is 0 Å². The molecular formula is C14H12ClIN2O. The molecule has 3 N–H and O–H groups in total. The van der Waals surface area contributed by atoms with E-state index in [9.17, 15) is 4.79 Å². The highest BCUT2D eigenvalue weighted by molar-refractivity contribution is 14.1. The molecule has 0 aliphatic carbocycles. The van der Waals surface area contributed by atoms with Crippen molar-refractivity contribution in [2.75, 3.05) is 5.32 Å². The molecule has 2 rings (SSSR count). The zero-order valence-electron chi connectivity index (χ0n) is 9.99. The average molecular weight is 387 g/mol. The number of carbonyl (C=O) groups excluding carboxylic acids is 1. The first-order valence-electron chi connectivity index (χ1n) is 5.66. The Morgan fingerprint density at radius 2 is 2.00 bits per heavy atom. The number of hydrogen-bond acceptors (Lipinski definition) is 2. The fourth-order valence-electron chi connectivity index (χ4n) is 1.65. The number of para-hydroxylation sites is 1. The van der Waals surface area contributed by atoms with E-state index in [1.165, 1.54) is 0 Å². The SMILES string of the molecule is NCc1ccccc1NC(=O)c1ccc(I)c(Cl)c1. The van der Waals surface area contributed by atoms with Crippen LogP contribution in [0.15, 0.2) is 42.5 Å². The van der Waals surface area contributed by atoms with Crippen molar-refractivity contribution >= 4 is 45.8 Å². The van der Waals surface area contributed by atoms with Crippen LogP contribution < -0.4 is 11.1 Å². The Bertz CT molecular complexity index is 616. The van der Waals surface area contributed by atoms with Crippen molar-refractivity contribution in [1.29, 1.82) is 0 Å². The molecule has 0 aliphatic rings. The first-order chi connectivity index (χ1) is 9.11. The van der Waals surface area contributed by atoms with E-state index in [-0.39, 0.29) is 5.91 Å². The summed E-state index contributed by atoms with van der Waals surface area (Å²) in [5.41, 5.74) is 7.78. The predicted octanol–water partition coefficient (Wildman–Crippen LogP) is 3.66. The number of benzene rings is 2. The Balaban J connectivity index is 2.23. The van der Waals surface area contributed by atoms with Crippen LogP contribution in [-0.4, -0.2) is 5.91 Å². The molecular weight excluding hydrogens is 375 g/mol. The van der Waals surface area contributed by atoms with Gasteiger partial charge in [-0.2, -0.15) is 0 Å². The van der Waals surface area contributed by atoms with Crippen molar-refractivity contribution in [2.45, 2.75) is 6.54 Å². The molecule has 1 amide bonds. The highest BCUT2D eigenvalue weighted by Gasteiger charge is 2.09. The third-order valence-corrected chi connectivity index (χ3v) is 4.24. The molecule has 0 aromatic heterocycles. The third kappa shape index (κ3) is 3.46. The van der Waals surface area contributed by atoms with E-state index in [1.807, 2.05) is 30.3 Å². The van der Waals surface area contributed by atoms with E-state index < -0.39 is 0 Å². The molecule has 2 aromatic carbocycles. The number of carbonyl (C=O) groups is 1. The lowest BCUT2D eigenvalue weighted by molar-refractivity contribution is 0.102. The van der Waals surface area contributed by atoms with E-state index in [0.717, 1.165) is 14.8 Å². The van der Waals surface area contributed by atoms with Crippen molar-refractivity contribution in [1.82, 2.24) is 0 Å². The number of halogens is 2. The molecule has 0 aliphatic heterocycles. The van der Waals surface area contributed by atoms with Crippen molar-refractivity contribution in [3.05, 3.63) is 62.2 Å². The first-order valence-corrected chi connectivity index (χ1v) is 7.12. The zero-order chi connectivity index (χ0) is 13.8. The number of rotatable bonds is 3. The topological polar surface area (TPSA) is 55.1 Å². The highest BCUT2D eigenvalue weighted by Crippen LogP contribution is 2.21. The molecule has 2 aromatic rings. The number of anilines is 1. The fraction of sp³-hybridized carbons (Fsp3) is 0.0714. The molecule has 5 heteroatoms. The van der Waals surface area contributed by atoms with Gasteiger partial charge in [0, 0.05) is 21.4 Å². The van der Waals surface area contributed by atoms with Crippen LogP contribution in [-0.2, 0) is 6.54 Å². The highest BCUT2D eigenvalue weighted by atomic mass is 127. The smallest absolute Gasteiger partial charge is 0.255 e. The first kappa shape index (κ1) is 14.3.